The lowest BCUT2D eigenvalue weighted by Gasteiger charge is -2.39. The lowest BCUT2D eigenvalue weighted by molar-refractivity contribution is 0.124. The zero-order valence-electron chi connectivity index (χ0n) is 14.6. The van der Waals surface area contributed by atoms with Gasteiger partial charge in [-0.2, -0.15) is 0 Å². The van der Waals surface area contributed by atoms with Crippen molar-refractivity contribution < 1.29 is 4.74 Å². The molecule has 0 bridgehead atoms. The number of hydrogen-bond donors (Lipinski definition) is 1. The Kier molecular flexibility index (Phi) is 4.72. The van der Waals surface area contributed by atoms with E-state index in [4.69, 9.17) is 4.74 Å². The van der Waals surface area contributed by atoms with Gasteiger partial charge < -0.3 is 10.1 Å². The average molecular weight is 324 g/mol. The highest BCUT2D eigenvalue weighted by Crippen LogP contribution is 2.45. The smallest absolute Gasteiger partial charge is 0.124 e. The number of ether oxygens (including phenoxy) is 1. The predicted molar refractivity (Wildman–Crippen MR) is 99.6 cm³/mol. The first kappa shape index (κ1) is 15.9. The van der Waals surface area contributed by atoms with Gasteiger partial charge in [-0.3, -0.25) is 4.90 Å². The van der Waals surface area contributed by atoms with Crippen molar-refractivity contribution >= 4 is 10.8 Å². The predicted octanol–water partition coefficient (Wildman–Crippen LogP) is 3.98. The summed E-state index contributed by atoms with van der Waals surface area (Å²) in [5, 5.41) is 6.20. The summed E-state index contributed by atoms with van der Waals surface area (Å²) >= 11 is 0. The number of rotatable bonds is 4. The molecule has 2 fully saturated rings. The second-order valence-corrected chi connectivity index (χ2v) is 7.18. The third-order valence-electron chi connectivity index (χ3n) is 5.84. The van der Waals surface area contributed by atoms with Crippen LogP contribution in [0, 0.1) is 5.92 Å². The second-order valence-electron chi connectivity index (χ2n) is 7.18. The van der Waals surface area contributed by atoms with Crippen molar-refractivity contribution in [3.63, 3.8) is 0 Å². The highest BCUT2D eigenvalue weighted by Gasteiger charge is 2.34. The minimum absolute atomic E-state index is 0.482. The van der Waals surface area contributed by atoms with E-state index in [-0.39, 0.29) is 0 Å². The second kappa shape index (κ2) is 7.12. The van der Waals surface area contributed by atoms with Crippen molar-refractivity contribution in [3.8, 4) is 5.75 Å². The normalized spacial score (nSPS) is 21.2. The molecule has 0 radical (unpaired) electrons. The molecule has 2 aromatic rings. The maximum Gasteiger partial charge on any atom is 0.124 e. The van der Waals surface area contributed by atoms with Gasteiger partial charge in [-0.25, -0.2) is 0 Å². The largest absolute Gasteiger partial charge is 0.496 e. The highest BCUT2D eigenvalue weighted by molar-refractivity contribution is 5.88. The van der Waals surface area contributed by atoms with Gasteiger partial charge in [0, 0.05) is 37.8 Å². The van der Waals surface area contributed by atoms with Gasteiger partial charge in [0.1, 0.15) is 5.75 Å². The standard InChI is InChI=1S/C21H28N2O/c1-24-19-11-10-16-6-4-5-9-18(16)20(19)21(17-7-2-3-8-17)23-14-12-22-13-15-23/h4-6,9-11,17,21-22H,2-3,7-8,12-15H2,1H3/t21-/m1/s1. The van der Waals surface area contributed by atoms with E-state index in [1.807, 2.05) is 7.11 Å². The van der Waals surface area contributed by atoms with E-state index in [0.29, 0.717) is 6.04 Å². The van der Waals surface area contributed by atoms with E-state index >= 15 is 0 Å². The van der Waals surface area contributed by atoms with Crippen LogP contribution in [0.1, 0.15) is 37.3 Å². The maximum atomic E-state index is 5.84. The molecule has 1 aliphatic heterocycles. The first-order chi connectivity index (χ1) is 11.9. The molecule has 2 aliphatic rings. The van der Waals surface area contributed by atoms with Gasteiger partial charge in [-0.15, -0.1) is 0 Å². The Hall–Kier alpha value is -1.58. The van der Waals surface area contributed by atoms with Gasteiger partial charge in [0.15, 0.2) is 0 Å². The van der Waals surface area contributed by atoms with Gasteiger partial charge in [-0.1, -0.05) is 43.2 Å². The van der Waals surface area contributed by atoms with Crippen molar-refractivity contribution in [2.24, 2.45) is 5.92 Å². The van der Waals surface area contributed by atoms with Crippen molar-refractivity contribution in [3.05, 3.63) is 42.0 Å². The van der Waals surface area contributed by atoms with Crippen LogP contribution in [-0.4, -0.2) is 38.2 Å². The molecule has 1 heterocycles. The van der Waals surface area contributed by atoms with Crippen LogP contribution >= 0.6 is 0 Å². The molecule has 1 atom stereocenters. The molecular weight excluding hydrogens is 296 g/mol. The molecule has 0 spiro atoms. The lowest BCUT2D eigenvalue weighted by atomic mass is 9.86. The van der Waals surface area contributed by atoms with Crippen LogP contribution in [0.15, 0.2) is 36.4 Å². The van der Waals surface area contributed by atoms with Gasteiger partial charge in [0.05, 0.1) is 7.11 Å². The average Bonchev–Trinajstić information content (AvgIpc) is 3.17. The van der Waals surface area contributed by atoms with Crippen LogP contribution in [0.25, 0.3) is 10.8 Å². The number of methoxy groups -OCH3 is 1. The van der Waals surface area contributed by atoms with Gasteiger partial charge in [0.2, 0.25) is 0 Å². The third-order valence-corrected chi connectivity index (χ3v) is 5.84. The summed E-state index contributed by atoms with van der Waals surface area (Å²) in [5.41, 5.74) is 1.42. The molecule has 4 rings (SSSR count). The van der Waals surface area contributed by atoms with E-state index in [9.17, 15) is 0 Å². The van der Waals surface area contributed by atoms with Gasteiger partial charge >= 0.3 is 0 Å². The Morgan fingerprint density at radius 3 is 2.54 bits per heavy atom. The Balaban J connectivity index is 1.85. The summed E-state index contributed by atoms with van der Waals surface area (Å²) in [5.74, 6) is 1.81. The summed E-state index contributed by atoms with van der Waals surface area (Å²) in [7, 11) is 1.82. The highest BCUT2D eigenvalue weighted by atomic mass is 16.5. The van der Waals surface area contributed by atoms with E-state index in [1.165, 1.54) is 42.0 Å². The fourth-order valence-corrected chi connectivity index (χ4v) is 4.71. The third kappa shape index (κ3) is 2.91. The molecule has 0 amide bonds. The SMILES string of the molecule is COc1ccc2ccccc2c1[C@@H](C1CCCC1)N1CCNCC1. The Morgan fingerprint density at radius 1 is 1.04 bits per heavy atom. The summed E-state index contributed by atoms with van der Waals surface area (Å²) in [4.78, 5) is 2.71. The van der Waals surface area contributed by atoms with Crippen LogP contribution in [0.2, 0.25) is 0 Å². The molecule has 128 valence electrons. The first-order valence-corrected chi connectivity index (χ1v) is 9.39. The Bertz CT molecular complexity index is 687. The maximum absolute atomic E-state index is 5.84. The summed E-state index contributed by atoms with van der Waals surface area (Å²) < 4.78 is 5.84. The molecule has 3 heteroatoms. The van der Waals surface area contributed by atoms with Crippen LogP contribution in [0.5, 0.6) is 5.75 Å². The van der Waals surface area contributed by atoms with E-state index in [2.05, 4.69) is 46.6 Å². The van der Waals surface area contributed by atoms with Crippen molar-refractivity contribution in [1.29, 1.82) is 0 Å². The Labute approximate surface area is 145 Å². The Morgan fingerprint density at radius 2 is 1.79 bits per heavy atom. The molecule has 1 saturated carbocycles. The quantitative estimate of drug-likeness (QED) is 0.920. The molecule has 24 heavy (non-hydrogen) atoms. The molecule has 0 aromatic heterocycles. The van der Waals surface area contributed by atoms with Crippen molar-refractivity contribution in [2.75, 3.05) is 33.3 Å². The van der Waals surface area contributed by atoms with E-state index in [1.54, 1.807) is 0 Å². The zero-order valence-corrected chi connectivity index (χ0v) is 14.6. The lowest BCUT2D eigenvalue weighted by Crippen LogP contribution is -2.46. The van der Waals surface area contributed by atoms with E-state index < -0.39 is 0 Å². The molecule has 1 aliphatic carbocycles. The topological polar surface area (TPSA) is 24.5 Å². The summed E-state index contributed by atoms with van der Waals surface area (Å²) in [6.07, 6.45) is 5.45. The minimum Gasteiger partial charge on any atom is -0.496 e. The number of nitrogens with zero attached hydrogens (tertiary/aromatic N) is 1. The number of piperazine rings is 1. The molecule has 0 unspecified atom stereocenters. The van der Waals surface area contributed by atoms with Gasteiger partial charge in [-0.05, 0) is 35.6 Å². The number of nitrogens with one attached hydrogen (secondary N) is 1. The minimum atomic E-state index is 0.482. The molecule has 1 N–H and O–H groups in total. The van der Waals surface area contributed by atoms with Crippen molar-refractivity contribution in [1.82, 2.24) is 10.2 Å². The van der Waals surface area contributed by atoms with E-state index in [0.717, 1.165) is 37.8 Å². The summed E-state index contributed by atoms with van der Waals surface area (Å²) in [6, 6.07) is 13.6. The van der Waals surface area contributed by atoms with Crippen LogP contribution in [0.3, 0.4) is 0 Å². The number of benzene rings is 2. The monoisotopic (exact) mass is 324 g/mol. The fraction of sp³-hybridized carbons (Fsp3) is 0.524. The fourth-order valence-electron chi connectivity index (χ4n) is 4.71. The zero-order chi connectivity index (χ0) is 16.4. The van der Waals surface area contributed by atoms with Crippen LogP contribution < -0.4 is 10.1 Å². The molecular formula is C21H28N2O. The number of fused-ring (bicyclic) bond motifs is 1. The molecule has 2 aromatic carbocycles. The van der Waals surface area contributed by atoms with Crippen LogP contribution in [-0.2, 0) is 0 Å². The molecule has 1 saturated heterocycles. The molecule has 3 nitrogen and oxygen atoms in total. The first-order valence-electron chi connectivity index (χ1n) is 9.39. The number of hydrogen-bond acceptors (Lipinski definition) is 3. The van der Waals surface area contributed by atoms with Gasteiger partial charge in [0.25, 0.3) is 0 Å². The van der Waals surface area contributed by atoms with Crippen LogP contribution in [0.4, 0.5) is 0 Å². The van der Waals surface area contributed by atoms with Crippen molar-refractivity contribution in [2.45, 2.75) is 31.7 Å². The summed E-state index contributed by atoms with van der Waals surface area (Å²) in [6.45, 7) is 4.45.